The van der Waals surface area contributed by atoms with E-state index in [0.717, 1.165) is 44.8 Å². The SMILES string of the molecule is C=CC(=O)Nc1cc(Nc2cc(N3OCCC3c3cccc(C(F)(F)F)c3F)ncn2)c(OC)cc1N1CCN(CCC)CC1. The number of halogens is 4. The summed E-state index contributed by atoms with van der Waals surface area (Å²) in [6.45, 7) is 10.2. The van der Waals surface area contributed by atoms with Crippen LogP contribution in [0.4, 0.5) is 46.3 Å². The highest BCUT2D eigenvalue weighted by molar-refractivity contribution is 6.02. The second kappa shape index (κ2) is 13.7. The van der Waals surface area contributed by atoms with Crippen LogP contribution in [-0.2, 0) is 15.8 Å². The first-order valence-electron chi connectivity index (χ1n) is 14.6. The Hall–Kier alpha value is -4.43. The molecule has 3 heterocycles. The van der Waals surface area contributed by atoms with Crippen molar-refractivity contribution in [3.63, 3.8) is 0 Å². The third-order valence-corrected chi connectivity index (χ3v) is 7.75. The molecule has 1 aromatic heterocycles. The smallest absolute Gasteiger partial charge is 0.419 e. The highest BCUT2D eigenvalue weighted by atomic mass is 19.4. The van der Waals surface area contributed by atoms with Crippen LogP contribution in [0, 0.1) is 5.82 Å². The maximum Gasteiger partial charge on any atom is 0.419 e. The minimum Gasteiger partial charge on any atom is -0.494 e. The number of hydroxylamine groups is 1. The van der Waals surface area contributed by atoms with E-state index in [-0.39, 0.29) is 30.3 Å². The highest BCUT2D eigenvalue weighted by Gasteiger charge is 2.38. The monoisotopic (exact) mass is 629 g/mol. The van der Waals surface area contributed by atoms with Gasteiger partial charge in [0, 0.05) is 50.3 Å². The number of rotatable bonds is 10. The zero-order valence-electron chi connectivity index (χ0n) is 25.0. The molecule has 2 N–H and O–H groups in total. The summed E-state index contributed by atoms with van der Waals surface area (Å²) in [5.41, 5.74) is 0.339. The summed E-state index contributed by atoms with van der Waals surface area (Å²) in [7, 11) is 1.53. The molecule has 0 aliphatic carbocycles. The summed E-state index contributed by atoms with van der Waals surface area (Å²) < 4.78 is 60.9. The number of methoxy groups -OCH3 is 1. The predicted molar refractivity (Wildman–Crippen MR) is 163 cm³/mol. The van der Waals surface area contributed by atoms with Crippen molar-refractivity contribution in [2.24, 2.45) is 0 Å². The van der Waals surface area contributed by atoms with Crippen LogP contribution in [0.2, 0.25) is 0 Å². The van der Waals surface area contributed by atoms with Crippen molar-refractivity contribution >= 4 is 34.6 Å². The van der Waals surface area contributed by atoms with E-state index >= 15 is 4.39 Å². The molecule has 0 saturated carbocycles. The Labute approximate surface area is 258 Å². The molecule has 3 aromatic rings. The average Bonchev–Trinajstić information content (AvgIpc) is 3.51. The van der Waals surface area contributed by atoms with E-state index in [9.17, 15) is 18.0 Å². The first kappa shape index (κ1) is 32.0. The zero-order valence-corrected chi connectivity index (χ0v) is 25.0. The summed E-state index contributed by atoms with van der Waals surface area (Å²) in [6, 6.07) is 7.47. The molecule has 2 aromatic carbocycles. The summed E-state index contributed by atoms with van der Waals surface area (Å²) >= 11 is 0. The molecular weight excluding hydrogens is 594 g/mol. The molecule has 10 nitrogen and oxygen atoms in total. The number of benzene rings is 2. The Balaban J connectivity index is 1.43. The molecule has 1 unspecified atom stereocenters. The lowest BCUT2D eigenvalue weighted by Gasteiger charge is -2.37. The van der Waals surface area contributed by atoms with Crippen LogP contribution < -0.4 is 25.3 Å². The van der Waals surface area contributed by atoms with Crippen LogP contribution in [0.5, 0.6) is 5.75 Å². The number of nitrogens with one attached hydrogen (secondary N) is 2. The van der Waals surface area contributed by atoms with Crippen LogP contribution in [0.15, 0.2) is 55.4 Å². The van der Waals surface area contributed by atoms with Crippen LogP contribution in [-0.4, -0.2) is 67.2 Å². The molecule has 1 atom stereocenters. The Bertz CT molecular complexity index is 1530. The molecule has 0 bridgehead atoms. The minimum atomic E-state index is -4.83. The highest BCUT2D eigenvalue weighted by Crippen LogP contribution is 2.41. The quantitative estimate of drug-likeness (QED) is 0.209. The summed E-state index contributed by atoms with van der Waals surface area (Å²) in [5.74, 6) is -0.713. The first-order valence-corrected chi connectivity index (χ1v) is 14.6. The lowest BCUT2D eigenvalue weighted by Crippen LogP contribution is -2.46. The third kappa shape index (κ3) is 7.12. The molecule has 0 spiro atoms. The summed E-state index contributed by atoms with van der Waals surface area (Å²) in [4.78, 5) is 31.2. The number of amides is 1. The molecule has 14 heteroatoms. The Morgan fingerprint density at radius 3 is 2.62 bits per heavy atom. The predicted octanol–water partition coefficient (Wildman–Crippen LogP) is 5.93. The van der Waals surface area contributed by atoms with E-state index < -0.39 is 23.6 Å². The number of hydrogen-bond donors (Lipinski definition) is 2. The Kier molecular flexibility index (Phi) is 9.73. The summed E-state index contributed by atoms with van der Waals surface area (Å²) in [5, 5.41) is 7.36. The first-order chi connectivity index (χ1) is 21.6. The van der Waals surface area contributed by atoms with Crippen LogP contribution in [0.3, 0.4) is 0 Å². The van der Waals surface area contributed by atoms with Crippen molar-refractivity contribution < 1.29 is 31.9 Å². The van der Waals surface area contributed by atoms with Crippen molar-refractivity contribution in [2.45, 2.75) is 32.0 Å². The van der Waals surface area contributed by atoms with Crippen molar-refractivity contribution in [1.29, 1.82) is 0 Å². The zero-order chi connectivity index (χ0) is 32.1. The number of carbonyl (C=O) groups excluding carboxylic acids is 1. The number of hydrogen-bond acceptors (Lipinski definition) is 9. The average molecular weight is 630 g/mol. The number of anilines is 5. The van der Waals surface area contributed by atoms with E-state index in [1.54, 1.807) is 6.07 Å². The Morgan fingerprint density at radius 2 is 1.93 bits per heavy atom. The fourth-order valence-corrected chi connectivity index (χ4v) is 5.59. The van der Waals surface area contributed by atoms with Crippen molar-refractivity contribution in [2.75, 3.05) is 67.0 Å². The van der Waals surface area contributed by atoms with Gasteiger partial charge >= 0.3 is 6.18 Å². The number of nitrogens with zero attached hydrogens (tertiary/aromatic N) is 5. The topological polar surface area (TPSA) is 95.1 Å². The van der Waals surface area contributed by atoms with Gasteiger partial charge in [0.2, 0.25) is 5.91 Å². The van der Waals surface area contributed by atoms with E-state index in [1.165, 1.54) is 42.8 Å². The molecule has 0 radical (unpaired) electrons. The van der Waals surface area contributed by atoms with E-state index in [1.807, 2.05) is 6.07 Å². The number of alkyl halides is 3. The van der Waals surface area contributed by atoms with Crippen LogP contribution in [0.1, 0.15) is 36.9 Å². The normalized spacial score (nSPS) is 17.3. The molecule has 2 fully saturated rings. The number of carbonyl (C=O) groups is 1. The minimum absolute atomic E-state index is 0.147. The van der Waals surface area contributed by atoms with Crippen LogP contribution >= 0.6 is 0 Å². The lowest BCUT2D eigenvalue weighted by atomic mass is 10.0. The van der Waals surface area contributed by atoms with Gasteiger partial charge in [0.05, 0.1) is 42.4 Å². The van der Waals surface area contributed by atoms with Gasteiger partial charge in [-0.25, -0.2) is 19.4 Å². The fraction of sp³-hybridized carbons (Fsp3) is 0.387. The molecule has 5 rings (SSSR count). The third-order valence-electron chi connectivity index (χ3n) is 7.75. The second-order valence-electron chi connectivity index (χ2n) is 10.6. The molecule has 45 heavy (non-hydrogen) atoms. The van der Waals surface area contributed by atoms with Crippen molar-refractivity contribution in [3.8, 4) is 5.75 Å². The standard InChI is InChI=1S/C31H35F4N7O3/c1-4-10-40-11-13-41(14-12-40)25-17-26(44-3)23(16-22(25)39-29(43)5-2)38-27-18-28(37-19-36-27)42-24(9-15-45-42)20-7-6-8-21(30(20)32)31(33,34)35/h5-8,16-19,24H,2,4,9-15H2,1,3H3,(H,39,43)(H,36,37,38). The van der Waals surface area contributed by atoms with Crippen LogP contribution in [0.25, 0.3) is 0 Å². The number of piperazine rings is 1. The van der Waals surface area contributed by atoms with Gasteiger partial charge in [-0.05, 0) is 31.2 Å². The molecule has 2 aliphatic heterocycles. The lowest BCUT2D eigenvalue weighted by molar-refractivity contribution is -0.140. The number of ether oxygens (including phenoxy) is 1. The van der Waals surface area contributed by atoms with Gasteiger partial charge < -0.3 is 20.3 Å². The van der Waals surface area contributed by atoms with Gasteiger partial charge in [-0.1, -0.05) is 25.6 Å². The largest absolute Gasteiger partial charge is 0.494 e. The van der Waals surface area contributed by atoms with E-state index in [2.05, 4.69) is 43.9 Å². The van der Waals surface area contributed by atoms with Crippen molar-refractivity contribution in [1.82, 2.24) is 14.9 Å². The van der Waals surface area contributed by atoms with Gasteiger partial charge in [-0.3, -0.25) is 14.5 Å². The molecular formula is C31H35F4N7O3. The Morgan fingerprint density at radius 1 is 1.16 bits per heavy atom. The molecule has 2 aliphatic rings. The second-order valence-corrected chi connectivity index (χ2v) is 10.6. The maximum absolute atomic E-state index is 15.0. The fourth-order valence-electron chi connectivity index (χ4n) is 5.59. The molecule has 1 amide bonds. The van der Waals surface area contributed by atoms with Gasteiger partial charge in [0.15, 0.2) is 5.82 Å². The summed E-state index contributed by atoms with van der Waals surface area (Å²) in [6.07, 6.45) is -1.06. The number of aromatic nitrogens is 2. The maximum atomic E-state index is 15.0. The van der Waals surface area contributed by atoms with Gasteiger partial charge in [0.1, 0.15) is 23.7 Å². The van der Waals surface area contributed by atoms with Gasteiger partial charge in [-0.2, -0.15) is 13.2 Å². The van der Waals surface area contributed by atoms with E-state index in [4.69, 9.17) is 9.57 Å². The molecule has 2 saturated heterocycles. The van der Waals surface area contributed by atoms with Crippen molar-refractivity contribution in [3.05, 3.63) is 72.3 Å². The molecule has 240 valence electrons. The van der Waals surface area contributed by atoms with Gasteiger partial charge in [0.25, 0.3) is 0 Å². The van der Waals surface area contributed by atoms with E-state index in [0.29, 0.717) is 29.0 Å². The van der Waals surface area contributed by atoms with Gasteiger partial charge in [-0.15, -0.1) is 0 Å².